The molecule has 0 aliphatic heterocycles. The molecule has 0 spiro atoms. The minimum absolute atomic E-state index is 0.0140. The minimum Gasteiger partial charge on any atom is -0.481 e. The summed E-state index contributed by atoms with van der Waals surface area (Å²) in [5.41, 5.74) is -1.80. The van der Waals surface area contributed by atoms with Crippen molar-refractivity contribution in [2.45, 2.75) is 71.3 Å². The molecule has 0 saturated heterocycles. The average Bonchev–Trinajstić information content (AvgIpc) is 2.72. The van der Waals surface area contributed by atoms with Crippen LogP contribution in [0.1, 0.15) is 65.7 Å². The normalized spacial score (nSPS) is 50.8. The molecule has 5 heteroatoms. The van der Waals surface area contributed by atoms with Gasteiger partial charge >= 0.3 is 11.9 Å². The quantitative estimate of drug-likeness (QED) is 0.735. The van der Waals surface area contributed by atoms with Crippen LogP contribution in [0.3, 0.4) is 0 Å². The number of carboxylic acids is 2. The first-order valence-corrected chi connectivity index (χ1v) is 9.21. The predicted octanol–water partition coefficient (Wildman–Crippen LogP) is 3.16. The highest BCUT2D eigenvalue weighted by atomic mass is 16.4. The van der Waals surface area contributed by atoms with Gasteiger partial charge in [-0.2, -0.15) is 0 Å². The van der Waals surface area contributed by atoms with E-state index in [1.165, 1.54) is 0 Å². The molecule has 0 bridgehead atoms. The van der Waals surface area contributed by atoms with E-state index >= 15 is 0 Å². The Bertz CT molecular complexity index is 556. The van der Waals surface area contributed by atoms with Crippen LogP contribution >= 0.6 is 0 Å². The number of carboxylic acid groups (broad SMARTS) is 2. The molecule has 0 amide bonds. The molecule has 5 nitrogen and oxygen atoms in total. The first-order chi connectivity index (χ1) is 11.0. The zero-order valence-electron chi connectivity index (χ0n) is 14.9. The van der Waals surface area contributed by atoms with Gasteiger partial charge < -0.3 is 15.3 Å². The lowest BCUT2D eigenvalue weighted by Gasteiger charge is -2.58. The molecule has 0 aromatic heterocycles. The summed E-state index contributed by atoms with van der Waals surface area (Å²) in [7, 11) is 0. The molecule has 0 aromatic rings. The minimum atomic E-state index is -0.975. The van der Waals surface area contributed by atoms with Gasteiger partial charge in [-0.3, -0.25) is 9.59 Å². The maximum atomic E-state index is 12.2. The summed E-state index contributed by atoms with van der Waals surface area (Å²) in [6.45, 7) is 5.87. The highest BCUT2D eigenvalue weighted by molar-refractivity contribution is 5.77. The zero-order valence-corrected chi connectivity index (χ0v) is 14.9. The third-order valence-corrected chi connectivity index (χ3v) is 8.35. The molecule has 3 fully saturated rings. The van der Waals surface area contributed by atoms with Crippen molar-refractivity contribution >= 4 is 11.9 Å². The van der Waals surface area contributed by atoms with Gasteiger partial charge in [-0.15, -0.1) is 0 Å². The van der Waals surface area contributed by atoms with E-state index in [0.717, 1.165) is 32.1 Å². The number of aliphatic carboxylic acids is 2. The van der Waals surface area contributed by atoms with E-state index < -0.39 is 23.0 Å². The Morgan fingerprint density at radius 3 is 2.17 bits per heavy atom. The Hall–Kier alpha value is -1.10. The van der Waals surface area contributed by atoms with Crippen LogP contribution in [0.5, 0.6) is 0 Å². The molecule has 0 unspecified atom stereocenters. The van der Waals surface area contributed by atoms with Crippen LogP contribution in [0.2, 0.25) is 0 Å². The monoisotopic (exact) mass is 338 g/mol. The Morgan fingerprint density at radius 2 is 1.58 bits per heavy atom. The van der Waals surface area contributed by atoms with E-state index in [2.05, 4.69) is 6.92 Å². The predicted molar refractivity (Wildman–Crippen MR) is 88.4 cm³/mol. The molecular formula is C19H30O5. The summed E-state index contributed by atoms with van der Waals surface area (Å²) < 4.78 is 0. The van der Waals surface area contributed by atoms with Crippen molar-refractivity contribution in [2.75, 3.05) is 0 Å². The average molecular weight is 338 g/mol. The Labute approximate surface area is 143 Å². The first-order valence-electron chi connectivity index (χ1n) is 9.21. The highest BCUT2D eigenvalue weighted by Crippen LogP contribution is 2.66. The fourth-order valence-electron chi connectivity index (χ4n) is 6.53. The SMILES string of the molecule is C[C@]1(C(=O)O)[C@H](CC(=O)O)CC[C@@H]2[C@@H]1CC[C@@]1(C)[C@H]2CC[C@]1(C)O. The lowest BCUT2D eigenvalue weighted by molar-refractivity contribution is -0.178. The van der Waals surface area contributed by atoms with E-state index in [0.29, 0.717) is 12.3 Å². The second kappa shape index (κ2) is 5.45. The van der Waals surface area contributed by atoms with Gasteiger partial charge in [-0.05, 0) is 81.5 Å². The van der Waals surface area contributed by atoms with Crippen molar-refractivity contribution in [3.05, 3.63) is 0 Å². The van der Waals surface area contributed by atoms with Gasteiger partial charge in [0.05, 0.1) is 11.0 Å². The molecule has 3 N–H and O–H groups in total. The Kier molecular flexibility index (Phi) is 4.02. The fourth-order valence-corrected chi connectivity index (χ4v) is 6.53. The van der Waals surface area contributed by atoms with Gasteiger partial charge in [0, 0.05) is 6.42 Å². The number of hydrogen-bond acceptors (Lipinski definition) is 3. The van der Waals surface area contributed by atoms with Gasteiger partial charge in [0.25, 0.3) is 0 Å². The summed E-state index contributed by atoms with van der Waals surface area (Å²) in [5.74, 6) is -1.42. The lowest BCUT2D eigenvalue weighted by atomic mass is 9.46. The van der Waals surface area contributed by atoms with E-state index in [1.54, 1.807) is 6.92 Å². The van der Waals surface area contributed by atoms with E-state index in [9.17, 15) is 24.9 Å². The summed E-state index contributed by atoms with van der Waals surface area (Å²) in [4.78, 5) is 23.4. The third kappa shape index (κ3) is 2.23. The van der Waals surface area contributed by atoms with Crippen molar-refractivity contribution in [1.82, 2.24) is 0 Å². The van der Waals surface area contributed by atoms with Crippen molar-refractivity contribution in [3.63, 3.8) is 0 Å². The van der Waals surface area contributed by atoms with Crippen LogP contribution in [-0.4, -0.2) is 32.9 Å². The maximum absolute atomic E-state index is 12.2. The van der Waals surface area contributed by atoms with Crippen LogP contribution < -0.4 is 0 Å². The second-order valence-electron chi connectivity index (χ2n) is 9.11. The van der Waals surface area contributed by atoms with E-state index in [4.69, 9.17) is 0 Å². The van der Waals surface area contributed by atoms with Crippen LogP contribution in [0.25, 0.3) is 0 Å². The molecule has 0 heterocycles. The van der Waals surface area contributed by atoms with Crippen molar-refractivity contribution in [1.29, 1.82) is 0 Å². The zero-order chi connectivity index (χ0) is 17.9. The number of carbonyl (C=O) groups is 2. The van der Waals surface area contributed by atoms with Crippen molar-refractivity contribution in [3.8, 4) is 0 Å². The van der Waals surface area contributed by atoms with E-state index in [-0.39, 0.29) is 29.6 Å². The highest BCUT2D eigenvalue weighted by Gasteiger charge is 2.64. The van der Waals surface area contributed by atoms with Crippen LogP contribution in [0.15, 0.2) is 0 Å². The third-order valence-electron chi connectivity index (χ3n) is 8.35. The molecular weight excluding hydrogens is 308 g/mol. The van der Waals surface area contributed by atoms with Crippen molar-refractivity contribution < 1.29 is 24.9 Å². The molecule has 3 saturated carbocycles. The number of aliphatic hydroxyl groups is 1. The number of hydrogen-bond donors (Lipinski definition) is 3. The fraction of sp³-hybridized carbons (Fsp3) is 0.895. The standard InChI is InChI=1S/C19H30O5/c1-17-8-6-14-12(13(17)7-9-18(17,2)24)5-4-11(10-15(20)21)19(14,3)16(22)23/h11-14,24H,4-10H2,1-3H3,(H,20,21)(H,22,23)/t11-,12-,13-,14-,17-,18-,19-/m0/s1. The maximum Gasteiger partial charge on any atom is 0.309 e. The first kappa shape index (κ1) is 17.7. The molecule has 3 aliphatic rings. The van der Waals surface area contributed by atoms with Crippen LogP contribution in [0.4, 0.5) is 0 Å². The molecule has 0 radical (unpaired) electrons. The molecule has 7 atom stereocenters. The van der Waals surface area contributed by atoms with E-state index in [1.807, 2.05) is 6.92 Å². The van der Waals surface area contributed by atoms with Crippen LogP contribution in [0, 0.1) is 34.5 Å². The van der Waals surface area contributed by atoms with Gasteiger partial charge in [0.1, 0.15) is 0 Å². The molecule has 24 heavy (non-hydrogen) atoms. The summed E-state index contributed by atoms with van der Waals surface area (Å²) in [5, 5.41) is 30.0. The molecule has 0 aromatic carbocycles. The van der Waals surface area contributed by atoms with Gasteiger partial charge in [0.15, 0.2) is 0 Å². The second-order valence-corrected chi connectivity index (χ2v) is 9.11. The molecule has 3 aliphatic carbocycles. The summed E-state index contributed by atoms with van der Waals surface area (Å²) in [6.07, 6.45) is 4.81. The van der Waals surface area contributed by atoms with Crippen molar-refractivity contribution in [2.24, 2.45) is 34.5 Å². The topological polar surface area (TPSA) is 94.8 Å². The molecule has 136 valence electrons. The van der Waals surface area contributed by atoms with Gasteiger partial charge in [-0.1, -0.05) is 6.92 Å². The number of rotatable bonds is 3. The van der Waals surface area contributed by atoms with Gasteiger partial charge in [-0.25, -0.2) is 0 Å². The Morgan fingerprint density at radius 1 is 0.958 bits per heavy atom. The molecule has 3 rings (SSSR count). The Balaban J connectivity index is 1.95. The smallest absolute Gasteiger partial charge is 0.309 e. The van der Waals surface area contributed by atoms with Crippen LogP contribution in [-0.2, 0) is 9.59 Å². The summed E-state index contributed by atoms with van der Waals surface area (Å²) >= 11 is 0. The lowest BCUT2D eigenvalue weighted by Crippen LogP contribution is -2.57. The van der Waals surface area contributed by atoms with Gasteiger partial charge in [0.2, 0.25) is 0 Å². The summed E-state index contributed by atoms with van der Waals surface area (Å²) in [6, 6.07) is 0. The largest absolute Gasteiger partial charge is 0.481 e. The number of fused-ring (bicyclic) bond motifs is 3.